The monoisotopic (exact) mass is 237 g/mol. The number of carbonyl (C=O) groups excluding carboxylic acids is 1. The average molecular weight is 237 g/mol. The van der Waals surface area contributed by atoms with Crippen LogP contribution in [0.3, 0.4) is 0 Å². The number of carbonyl (C=O) groups is 1. The van der Waals surface area contributed by atoms with E-state index in [1.165, 1.54) is 5.39 Å². The van der Waals surface area contributed by atoms with Gasteiger partial charge < -0.3 is 5.32 Å². The standard InChI is InChI=1S/C16H15NO/c1-3-12(2)17-16(18)11-13-8-9-14-6-4-5-7-15(14)10-13/h1,4-10,12H,11H2,2H3,(H,17,18). The molecule has 2 heteroatoms. The van der Waals surface area contributed by atoms with Crippen molar-refractivity contribution in [3.05, 3.63) is 48.0 Å². The molecule has 0 aliphatic rings. The van der Waals surface area contributed by atoms with Crippen molar-refractivity contribution in [1.29, 1.82) is 0 Å². The van der Waals surface area contributed by atoms with E-state index in [1.807, 2.05) is 36.4 Å². The maximum atomic E-state index is 11.7. The third kappa shape index (κ3) is 2.89. The molecule has 0 radical (unpaired) electrons. The number of benzene rings is 2. The first-order chi connectivity index (χ1) is 8.69. The Bertz CT molecular complexity index is 610. The Morgan fingerprint density at radius 2 is 2.00 bits per heavy atom. The number of amides is 1. The maximum Gasteiger partial charge on any atom is 0.225 e. The van der Waals surface area contributed by atoms with Gasteiger partial charge in [-0.2, -0.15) is 0 Å². The van der Waals surface area contributed by atoms with Crippen molar-refractivity contribution < 1.29 is 4.79 Å². The van der Waals surface area contributed by atoms with Gasteiger partial charge in [-0.3, -0.25) is 4.79 Å². The molecule has 2 nitrogen and oxygen atoms in total. The Morgan fingerprint density at radius 3 is 2.72 bits per heavy atom. The second-order valence-electron chi connectivity index (χ2n) is 4.31. The zero-order valence-corrected chi connectivity index (χ0v) is 10.3. The van der Waals surface area contributed by atoms with Crippen LogP contribution in [0.1, 0.15) is 12.5 Å². The molecule has 0 aromatic heterocycles. The van der Waals surface area contributed by atoms with Crippen LogP contribution in [-0.2, 0) is 11.2 Å². The first kappa shape index (κ1) is 12.2. The molecule has 18 heavy (non-hydrogen) atoms. The molecule has 0 fully saturated rings. The summed E-state index contributed by atoms with van der Waals surface area (Å²) in [7, 11) is 0. The van der Waals surface area contributed by atoms with Crippen LogP contribution in [0.4, 0.5) is 0 Å². The summed E-state index contributed by atoms with van der Waals surface area (Å²) in [5.41, 5.74) is 0.996. The van der Waals surface area contributed by atoms with Gasteiger partial charge in [-0.1, -0.05) is 48.4 Å². The van der Waals surface area contributed by atoms with Gasteiger partial charge in [0.05, 0.1) is 12.5 Å². The number of rotatable bonds is 3. The van der Waals surface area contributed by atoms with Crippen LogP contribution >= 0.6 is 0 Å². The van der Waals surface area contributed by atoms with Crippen molar-refractivity contribution in [3.8, 4) is 12.3 Å². The number of hydrogen-bond donors (Lipinski definition) is 1. The van der Waals surface area contributed by atoms with E-state index < -0.39 is 0 Å². The van der Waals surface area contributed by atoms with Gasteiger partial charge in [-0.15, -0.1) is 6.42 Å². The topological polar surface area (TPSA) is 29.1 Å². The largest absolute Gasteiger partial charge is 0.342 e. The highest BCUT2D eigenvalue weighted by Gasteiger charge is 2.06. The summed E-state index contributed by atoms with van der Waals surface area (Å²) in [4.78, 5) is 11.7. The highest BCUT2D eigenvalue weighted by Crippen LogP contribution is 2.15. The molecular formula is C16H15NO. The van der Waals surface area contributed by atoms with E-state index in [4.69, 9.17) is 6.42 Å². The molecule has 2 rings (SSSR count). The Kier molecular flexibility index (Phi) is 3.64. The summed E-state index contributed by atoms with van der Waals surface area (Å²) in [6.45, 7) is 1.79. The molecule has 0 aliphatic carbocycles. The summed E-state index contributed by atoms with van der Waals surface area (Å²) in [5.74, 6) is 2.43. The van der Waals surface area contributed by atoms with Crippen LogP contribution < -0.4 is 5.32 Å². The summed E-state index contributed by atoms with van der Waals surface area (Å²) in [6, 6.07) is 13.9. The fourth-order valence-corrected chi connectivity index (χ4v) is 1.87. The normalized spacial score (nSPS) is 11.8. The van der Waals surface area contributed by atoms with Crippen LogP contribution in [0.15, 0.2) is 42.5 Å². The minimum atomic E-state index is -0.224. The lowest BCUT2D eigenvalue weighted by molar-refractivity contribution is -0.120. The first-order valence-corrected chi connectivity index (χ1v) is 5.92. The zero-order chi connectivity index (χ0) is 13.0. The highest BCUT2D eigenvalue weighted by atomic mass is 16.1. The third-order valence-electron chi connectivity index (χ3n) is 2.81. The van der Waals surface area contributed by atoms with Gasteiger partial charge in [0, 0.05) is 0 Å². The zero-order valence-electron chi connectivity index (χ0n) is 10.3. The summed E-state index contributed by atoms with van der Waals surface area (Å²) < 4.78 is 0. The Balaban J connectivity index is 2.13. The summed E-state index contributed by atoms with van der Waals surface area (Å²) >= 11 is 0. The Hall–Kier alpha value is -2.27. The first-order valence-electron chi connectivity index (χ1n) is 5.92. The van der Waals surface area contributed by atoms with Gasteiger partial charge in [-0.05, 0) is 23.3 Å². The predicted molar refractivity (Wildman–Crippen MR) is 74.1 cm³/mol. The van der Waals surface area contributed by atoms with E-state index in [0.717, 1.165) is 10.9 Å². The van der Waals surface area contributed by atoms with E-state index in [-0.39, 0.29) is 11.9 Å². The lowest BCUT2D eigenvalue weighted by Gasteiger charge is -2.08. The van der Waals surface area contributed by atoms with Crippen LogP contribution in [0.2, 0.25) is 0 Å². The molecule has 0 aliphatic heterocycles. The molecule has 0 heterocycles. The van der Waals surface area contributed by atoms with E-state index in [1.54, 1.807) is 6.92 Å². The van der Waals surface area contributed by atoms with Crippen LogP contribution in [0.25, 0.3) is 10.8 Å². The molecule has 0 saturated heterocycles. The maximum absolute atomic E-state index is 11.7. The highest BCUT2D eigenvalue weighted by molar-refractivity contribution is 5.85. The van der Waals surface area contributed by atoms with Gasteiger partial charge in [-0.25, -0.2) is 0 Å². The van der Waals surface area contributed by atoms with Gasteiger partial charge in [0.25, 0.3) is 0 Å². The molecule has 1 unspecified atom stereocenters. The molecule has 90 valence electrons. The minimum Gasteiger partial charge on any atom is -0.342 e. The number of fused-ring (bicyclic) bond motifs is 1. The van der Waals surface area contributed by atoms with Crippen molar-refractivity contribution in [2.45, 2.75) is 19.4 Å². The van der Waals surface area contributed by atoms with Crippen LogP contribution in [-0.4, -0.2) is 11.9 Å². The molecule has 1 amide bonds. The quantitative estimate of drug-likeness (QED) is 0.817. The predicted octanol–water partition coefficient (Wildman–Crippen LogP) is 2.52. The minimum absolute atomic E-state index is 0.0456. The number of terminal acetylenes is 1. The molecule has 2 aromatic rings. The Labute approximate surface area is 107 Å². The van der Waals surface area contributed by atoms with Gasteiger partial charge in [0.15, 0.2) is 0 Å². The van der Waals surface area contributed by atoms with Crippen molar-refractivity contribution >= 4 is 16.7 Å². The molecule has 1 atom stereocenters. The third-order valence-corrected chi connectivity index (χ3v) is 2.81. The fraction of sp³-hybridized carbons (Fsp3) is 0.188. The SMILES string of the molecule is C#CC(C)NC(=O)Cc1ccc2ccccc2c1. The Morgan fingerprint density at radius 1 is 1.28 bits per heavy atom. The lowest BCUT2D eigenvalue weighted by atomic mass is 10.0. The lowest BCUT2D eigenvalue weighted by Crippen LogP contribution is -2.32. The van der Waals surface area contributed by atoms with Crippen LogP contribution in [0.5, 0.6) is 0 Å². The van der Waals surface area contributed by atoms with Gasteiger partial charge in [0.1, 0.15) is 0 Å². The van der Waals surface area contributed by atoms with Gasteiger partial charge in [0.2, 0.25) is 5.91 Å². The molecule has 2 aromatic carbocycles. The molecule has 1 N–H and O–H groups in total. The summed E-state index contributed by atoms with van der Waals surface area (Å²) in [5, 5.41) is 5.08. The van der Waals surface area contributed by atoms with E-state index >= 15 is 0 Å². The fourth-order valence-electron chi connectivity index (χ4n) is 1.87. The van der Waals surface area contributed by atoms with Crippen molar-refractivity contribution in [2.24, 2.45) is 0 Å². The molecule has 0 saturated carbocycles. The van der Waals surface area contributed by atoms with E-state index in [2.05, 4.69) is 17.3 Å². The summed E-state index contributed by atoms with van der Waals surface area (Å²) in [6.07, 6.45) is 5.58. The molecule has 0 spiro atoms. The average Bonchev–Trinajstić information content (AvgIpc) is 2.38. The van der Waals surface area contributed by atoms with Gasteiger partial charge >= 0.3 is 0 Å². The molecular weight excluding hydrogens is 222 g/mol. The van der Waals surface area contributed by atoms with Crippen LogP contribution in [0, 0.1) is 12.3 Å². The van der Waals surface area contributed by atoms with Crippen molar-refractivity contribution in [1.82, 2.24) is 5.32 Å². The second kappa shape index (κ2) is 5.37. The number of nitrogens with one attached hydrogen (secondary N) is 1. The number of hydrogen-bond acceptors (Lipinski definition) is 1. The van der Waals surface area contributed by atoms with Crippen molar-refractivity contribution in [2.75, 3.05) is 0 Å². The van der Waals surface area contributed by atoms with E-state index in [9.17, 15) is 4.79 Å². The van der Waals surface area contributed by atoms with E-state index in [0.29, 0.717) is 6.42 Å². The van der Waals surface area contributed by atoms with Crippen molar-refractivity contribution in [3.63, 3.8) is 0 Å². The second-order valence-corrected chi connectivity index (χ2v) is 4.31. The molecule has 0 bridgehead atoms. The smallest absolute Gasteiger partial charge is 0.225 e.